The lowest BCUT2D eigenvalue weighted by Crippen LogP contribution is -2.26. The van der Waals surface area contributed by atoms with E-state index >= 15 is 0 Å². The third kappa shape index (κ3) is 2.21. The number of aliphatic hydroxyl groups is 1. The third-order valence-electron chi connectivity index (χ3n) is 2.96. The lowest BCUT2D eigenvalue weighted by atomic mass is 9.90. The molecule has 1 heterocycles. The topological polar surface area (TPSA) is 29.5 Å². The van der Waals surface area contributed by atoms with E-state index in [1.54, 1.807) is 12.1 Å². The van der Waals surface area contributed by atoms with Gasteiger partial charge in [-0.05, 0) is 25.0 Å². The molecule has 1 aromatic rings. The van der Waals surface area contributed by atoms with E-state index in [1.807, 2.05) is 0 Å². The van der Waals surface area contributed by atoms with Crippen molar-refractivity contribution in [1.82, 2.24) is 0 Å². The summed E-state index contributed by atoms with van der Waals surface area (Å²) in [6, 6.07) is 4.58. The molecular formula is C12H14ClFO2. The molecular weight excluding hydrogens is 231 g/mol. The normalized spacial score (nSPS) is 25.7. The van der Waals surface area contributed by atoms with Gasteiger partial charge in [0.05, 0.1) is 6.10 Å². The number of hydrogen-bond donors (Lipinski definition) is 1. The van der Waals surface area contributed by atoms with Crippen molar-refractivity contribution in [3.63, 3.8) is 0 Å². The first-order valence-electron chi connectivity index (χ1n) is 5.40. The first kappa shape index (κ1) is 11.8. The largest absolute Gasteiger partial charge is 0.396 e. The maximum absolute atomic E-state index is 13.7. The van der Waals surface area contributed by atoms with Crippen molar-refractivity contribution in [2.75, 3.05) is 13.2 Å². The van der Waals surface area contributed by atoms with Crippen molar-refractivity contribution in [1.29, 1.82) is 0 Å². The number of rotatable bonds is 2. The van der Waals surface area contributed by atoms with Gasteiger partial charge in [-0.15, -0.1) is 0 Å². The minimum absolute atomic E-state index is 0.00463. The van der Waals surface area contributed by atoms with Gasteiger partial charge in [0.25, 0.3) is 0 Å². The molecule has 1 saturated heterocycles. The van der Waals surface area contributed by atoms with E-state index in [4.69, 9.17) is 16.3 Å². The van der Waals surface area contributed by atoms with Crippen molar-refractivity contribution in [2.45, 2.75) is 18.9 Å². The van der Waals surface area contributed by atoms with E-state index < -0.39 is 6.10 Å². The van der Waals surface area contributed by atoms with Gasteiger partial charge < -0.3 is 9.84 Å². The molecule has 16 heavy (non-hydrogen) atoms. The van der Waals surface area contributed by atoms with Crippen LogP contribution in [0.15, 0.2) is 18.2 Å². The van der Waals surface area contributed by atoms with Crippen LogP contribution in [0.2, 0.25) is 5.02 Å². The molecule has 0 bridgehead atoms. The Morgan fingerprint density at radius 1 is 1.50 bits per heavy atom. The molecule has 1 fully saturated rings. The smallest absolute Gasteiger partial charge is 0.130 e. The van der Waals surface area contributed by atoms with Crippen LogP contribution in [0.5, 0.6) is 0 Å². The molecule has 1 aliphatic heterocycles. The number of aliphatic hydroxyl groups excluding tert-OH is 1. The molecule has 1 aliphatic rings. The Morgan fingerprint density at radius 3 is 3.00 bits per heavy atom. The lowest BCUT2D eigenvalue weighted by Gasteiger charge is -2.31. The number of halogens is 2. The monoisotopic (exact) mass is 244 g/mol. The van der Waals surface area contributed by atoms with E-state index in [0.717, 1.165) is 12.8 Å². The minimum Gasteiger partial charge on any atom is -0.396 e. The van der Waals surface area contributed by atoms with Gasteiger partial charge in [0.15, 0.2) is 0 Å². The van der Waals surface area contributed by atoms with Crippen molar-refractivity contribution in [3.05, 3.63) is 34.6 Å². The number of ether oxygens (including phenoxy) is 1. The van der Waals surface area contributed by atoms with Crippen molar-refractivity contribution in [3.8, 4) is 0 Å². The van der Waals surface area contributed by atoms with Crippen LogP contribution in [0.3, 0.4) is 0 Å². The minimum atomic E-state index is -0.424. The summed E-state index contributed by atoms with van der Waals surface area (Å²) in [5, 5.41) is 9.63. The molecule has 0 aliphatic carbocycles. The summed E-state index contributed by atoms with van der Waals surface area (Å²) < 4.78 is 19.2. The Hall–Kier alpha value is -0.640. The molecule has 0 saturated carbocycles. The highest BCUT2D eigenvalue weighted by molar-refractivity contribution is 6.31. The summed E-state index contributed by atoms with van der Waals surface area (Å²) in [6.07, 6.45) is 1.31. The quantitative estimate of drug-likeness (QED) is 0.867. The molecule has 1 N–H and O–H groups in total. The third-order valence-corrected chi connectivity index (χ3v) is 3.29. The van der Waals surface area contributed by atoms with Gasteiger partial charge in [0, 0.05) is 29.7 Å². The first-order chi connectivity index (χ1) is 7.74. The van der Waals surface area contributed by atoms with E-state index in [0.29, 0.717) is 17.2 Å². The summed E-state index contributed by atoms with van der Waals surface area (Å²) in [4.78, 5) is 0. The van der Waals surface area contributed by atoms with Gasteiger partial charge >= 0.3 is 0 Å². The average Bonchev–Trinajstić information content (AvgIpc) is 2.29. The van der Waals surface area contributed by atoms with Crippen LogP contribution >= 0.6 is 11.6 Å². The van der Waals surface area contributed by atoms with Crippen LogP contribution in [-0.2, 0) is 4.74 Å². The van der Waals surface area contributed by atoms with Gasteiger partial charge in [0.1, 0.15) is 5.82 Å². The highest BCUT2D eigenvalue weighted by Crippen LogP contribution is 2.37. The molecule has 0 radical (unpaired) electrons. The molecule has 2 nitrogen and oxygen atoms in total. The maximum Gasteiger partial charge on any atom is 0.130 e. The Balaban J connectivity index is 2.34. The average molecular weight is 245 g/mol. The van der Waals surface area contributed by atoms with Crippen LogP contribution in [0.4, 0.5) is 4.39 Å². The number of hydrogen-bond acceptors (Lipinski definition) is 2. The first-order valence-corrected chi connectivity index (χ1v) is 5.78. The van der Waals surface area contributed by atoms with Gasteiger partial charge in [0.2, 0.25) is 0 Å². The summed E-state index contributed by atoms with van der Waals surface area (Å²) in [7, 11) is 0. The van der Waals surface area contributed by atoms with Gasteiger partial charge in [-0.1, -0.05) is 17.7 Å². The second-order valence-corrected chi connectivity index (χ2v) is 4.42. The molecule has 88 valence electrons. The summed E-state index contributed by atoms with van der Waals surface area (Å²) >= 11 is 5.98. The predicted molar refractivity (Wildman–Crippen MR) is 59.9 cm³/mol. The molecule has 1 aromatic carbocycles. The fraction of sp³-hybridized carbons (Fsp3) is 0.500. The van der Waals surface area contributed by atoms with Gasteiger partial charge in [-0.25, -0.2) is 4.39 Å². The molecule has 2 atom stereocenters. The van der Waals surface area contributed by atoms with Crippen molar-refractivity contribution < 1.29 is 14.2 Å². The zero-order valence-electron chi connectivity index (χ0n) is 8.83. The van der Waals surface area contributed by atoms with E-state index in [-0.39, 0.29) is 18.3 Å². The highest BCUT2D eigenvalue weighted by atomic mass is 35.5. The highest BCUT2D eigenvalue weighted by Gasteiger charge is 2.30. The summed E-state index contributed by atoms with van der Waals surface area (Å²) in [5.41, 5.74) is 0.378. The van der Waals surface area contributed by atoms with Gasteiger partial charge in [-0.3, -0.25) is 0 Å². The van der Waals surface area contributed by atoms with Crippen molar-refractivity contribution in [2.24, 2.45) is 5.92 Å². The summed E-state index contributed by atoms with van der Waals surface area (Å²) in [6.45, 7) is 0.584. The van der Waals surface area contributed by atoms with E-state index in [1.165, 1.54) is 6.07 Å². The van der Waals surface area contributed by atoms with E-state index in [2.05, 4.69) is 0 Å². The molecule has 0 spiro atoms. The van der Waals surface area contributed by atoms with Crippen molar-refractivity contribution >= 4 is 11.6 Å². The van der Waals surface area contributed by atoms with Crippen LogP contribution in [0, 0.1) is 11.7 Å². The number of benzene rings is 1. The van der Waals surface area contributed by atoms with Crippen LogP contribution in [-0.4, -0.2) is 18.3 Å². The molecule has 4 heteroatoms. The SMILES string of the molecule is OCC1CCCOC1c1c(F)cccc1Cl. The lowest BCUT2D eigenvalue weighted by molar-refractivity contribution is -0.0473. The van der Waals surface area contributed by atoms with Gasteiger partial charge in [-0.2, -0.15) is 0 Å². The fourth-order valence-electron chi connectivity index (χ4n) is 2.13. The maximum atomic E-state index is 13.7. The second kappa shape index (κ2) is 5.13. The van der Waals surface area contributed by atoms with Crippen LogP contribution in [0.25, 0.3) is 0 Å². The zero-order valence-corrected chi connectivity index (χ0v) is 9.58. The Bertz CT molecular complexity index is 350. The molecule has 0 aromatic heterocycles. The molecule has 2 rings (SSSR count). The Labute approximate surface area is 99.0 Å². The second-order valence-electron chi connectivity index (χ2n) is 4.01. The Kier molecular flexibility index (Phi) is 3.79. The summed E-state index contributed by atoms with van der Waals surface area (Å²) in [5.74, 6) is -0.430. The standard InChI is InChI=1S/C12H14ClFO2/c13-9-4-1-5-10(14)11(9)12-8(7-15)3-2-6-16-12/h1,4-5,8,12,15H,2-3,6-7H2. The Morgan fingerprint density at radius 2 is 2.31 bits per heavy atom. The zero-order chi connectivity index (χ0) is 11.5. The van der Waals surface area contributed by atoms with E-state index in [9.17, 15) is 9.50 Å². The van der Waals surface area contributed by atoms with Crippen LogP contribution in [0.1, 0.15) is 24.5 Å². The predicted octanol–water partition coefficient (Wildman–Crippen LogP) is 2.94. The fourth-order valence-corrected chi connectivity index (χ4v) is 2.40. The van der Waals surface area contributed by atoms with Crippen LogP contribution < -0.4 is 0 Å². The molecule has 2 unspecified atom stereocenters. The molecule has 0 amide bonds.